The third-order valence-electron chi connectivity index (χ3n) is 3.55. The van der Waals surface area contributed by atoms with E-state index in [0.29, 0.717) is 12.1 Å². The maximum atomic E-state index is 11.5. The van der Waals surface area contributed by atoms with Gasteiger partial charge in [-0.15, -0.1) is 35.3 Å². The average Bonchev–Trinajstić information content (AvgIpc) is 3.04. The molecular weight excluding hydrogens is 461 g/mol. The number of rotatable bonds is 7. The Balaban J connectivity index is 0.00000338. The molecule has 2 aromatic rings. The molecule has 0 saturated carbocycles. The molecule has 0 radical (unpaired) electrons. The van der Waals surface area contributed by atoms with Crippen molar-refractivity contribution in [3.63, 3.8) is 0 Å². The predicted octanol–water partition coefficient (Wildman–Crippen LogP) is 2.73. The van der Waals surface area contributed by atoms with Crippen LogP contribution in [0.4, 0.5) is 0 Å². The monoisotopic (exact) mass is 487 g/mol. The number of carbonyl (C=O) groups excluding carboxylic acids is 1. The van der Waals surface area contributed by atoms with Gasteiger partial charge in [0.05, 0.1) is 17.2 Å². The van der Waals surface area contributed by atoms with Crippen LogP contribution in [0.3, 0.4) is 0 Å². The fourth-order valence-corrected chi connectivity index (χ4v) is 2.90. The zero-order chi connectivity index (χ0) is 18.1. The van der Waals surface area contributed by atoms with Crippen LogP contribution in [0.25, 0.3) is 0 Å². The van der Waals surface area contributed by atoms with Crippen LogP contribution >= 0.6 is 35.3 Å². The highest BCUT2D eigenvalue weighted by atomic mass is 127. The zero-order valence-electron chi connectivity index (χ0n) is 15.3. The number of nitrogens with zero attached hydrogens (tertiary/aromatic N) is 2. The lowest BCUT2D eigenvalue weighted by Crippen LogP contribution is -2.38. The SMILES string of the molecule is CCNC(=NCc1ccc(C(=O)NC)cc1)NCCc1csc(C)n1.I. The standard InChI is InChI=1S/C18H25N5OS.HI/c1-4-20-18(21-10-9-16-12-25-13(2)23-16)22-11-14-5-7-15(8-6-14)17(24)19-3;/h5-8,12H,4,9-11H2,1-3H3,(H,19,24)(H2,20,21,22);1H. The van der Waals surface area contributed by atoms with E-state index in [0.717, 1.165) is 41.7 Å². The molecule has 2 rings (SSSR count). The molecule has 142 valence electrons. The van der Waals surface area contributed by atoms with Crippen LogP contribution < -0.4 is 16.0 Å². The normalized spacial score (nSPS) is 10.8. The topological polar surface area (TPSA) is 78.4 Å². The van der Waals surface area contributed by atoms with Gasteiger partial charge >= 0.3 is 0 Å². The Morgan fingerprint density at radius 1 is 1.23 bits per heavy atom. The summed E-state index contributed by atoms with van der Waals surface area (Å²) in [4.78, 5) is 20.6. The Labute approximate surface area is 175 Å². The van der Waals surface area contributed by atoms with E-state index in [1.165, 1.54) is 0 Å². The van der Waals surface area contributed by atoms with Gasteiger partial charge in [0.1, 0.15) is 0 Å². The predicted molar refractivity (Wildman–Crippen MR) is 119 cm³/mol. The molecule has 8 heteroatoms. The van der Waals surface area contributed by atoms with E-state index in [4.69, 9.17) is 0 Å². The molecule has 1 aromatic heterocycles. The van der Waals surface area contributed by atoms with Gasteiger partial charge in [-0.25, -0.2) is 9.98 Å². The molecule has 0 atom stereocenters. The number of thiazole rings is 1. The van der Waals surface area contributed by atoms with Crippen LogP contribution in [0.15, 0.2) is 34.6 Å². The molecule has 0 spiro atoms. The lowest BCUT2D eigenvalue weighted by molar-refractivity contribution is 0.0963. The van der Waals surface area contributed by atoms with Crippen LogP contribution in [-0.4, -0.2) is 37.0 Å². The lowest BCUT2D eigenvalue weighted by atomic mass is 10.1. The molecule has 1 aromatic carbocycles. The van der Waals surface area contributed by atoms with Gasteiger partial charge in [0.2, 0.25) is 0 Å². The summed E-state index contributed by atoms with van der Waals surface area (Å²) in [7, 11) is 1.63. The Hall–Kier alpha value is -1.68. The van der Waals surface area contributed by atoms with Gasteiger partial charge in [0.25, 0.3) is 5.91 Å². The highest BCUT2D eigenvalue weighted by molar-refractivity contribution is 14.0. The van der Waals surface area contributed by atoms with E-state index in [2.05, 4.69) is 31.3 Å². The lowest BCUT2D eigenvalue weighted by Gasteiger charge is -2.10. The first-order chi connectivity index (χ1) is 12.1. The van der Waals surface area contributed by atoms with Crippen molar-refractivity contribution in [1.82, 2.24) is 20.9 Å². The Kier molecular flexibility index (Phi) is 10.2. The molecule has 0 bridgehead atoms. The first-order valence-corrected chi connectivity index (χ1v) is 9.24. The number of hydrogen-bond acceptors (Lipinski definition) is 4. The number of halogens is 1. The zero-order valence-corrected chi connectivity index (χ0v) is 18.5. The summed E-state index contributed by atoms with van der Waals surface area (Å²) in [6.45, 7) is 6.20. The Bertz CT molecular complexity index is 715. The highest BCUT2D eigenvalue weighted by Gasteiger charge is 2.03. The third kappa shape index (κ3) is 7.28. The second-order valence-corrected chi connectivity index (χ2v) is 6.57. The molecule has 0 saturated heterocycles. The van der Waals surface area contributed by atoms with Crippen molar-refractivity contribution in [2.75, 3.05) is 20.1 Å². The second kappa shape index (κ2) is 11.8. The summed E-state index contributed by atoms with van der Waals surface area (Å²) in [5.41, 5.74) is 2.81. The minimum absolute atomic E-state index is 0. The molecule has 26 heavy (non-hydrogen) atoms. The molecule has 0 aliphatic rings. The molecule has 6 nitrogen and oxygen atoms in total. The summed E-state index contributed by atoms with van der Waals surface area (Å²) in [6.07, 6.45) is 0.871. The molecular formula is C18H26IN5OS. The summed E-state index contributed by atoms with van der Waals surface area (Å²) in [5.74, 6) is 0.701. The quantitative estimate of drug-likeness (QED) is 0.319. The molecule has 1 heterocycles. The van der Waals surface area contributed by atoms with E-state index in [9.17, 15) is 4.79 Å². The summed E-state index contributed by atoms with van der Waals surface area (Å²) >= 11 is 1.67. The van der Waals surface area contributed by atoms with Crippen molar-refractivity contribution in [2.45, 2.75) is 26.8 Å². The van der Waals surface area contributed by atoms with Crippen LogP contribution in [0.2, 0.25) is 0 Å². The van der Waals surface area contributed by atoms with E-state index >= 15 is 0 Å². The van der Waals surface area contributed by atoms with E-state index in [-0.39, 0.29) is 29.9 Å². The van der Waals surface area contributed by atoms with Gasteiger partial charge in [0, 0.05) is 37.5 Å². The van der Waals surface area contributed by atoms with Gasteiger partial charge < -0.3 is 16.0 Å². The second-order valence-electron chi connectivity index (χ2n) is 5.51. The number of aryl methyl sites for hydroxylation is 1. The maximum absolute atomic E-state index is 11.5. The van der Waals surface area contributed by atoms with Gasteiger partial charge in [0.15, 0.2) is 5.96 Å². The van der Waals surface area contributed by atoms with Crippen LogP contribution in [0.5, 0.6) is 0 Å². The number of aromatic nitrogens is 1. The summed E-state index contributed by atoms with van der Waals surface area (Å²) < 4.78 is 0. The van der Waals surface area contributed by atoms with Gasteiger partial charge in [-0.1, -0.05) is 12.1 Å². The first kappa shape index (κ1) is 22.4. The van der Waals surface area contributed by atoms with Crippen molar-refractivity contribution >= 4 is 47.2 Å². The number of hydrogen-bond donors (Lipinski definition) is 3. The number of aliphatic imine (C=N–C) groups is 1. The Morgan fingerprint density at radius 3 is 2.54 bits per heavy atom. The highest BCUT2D eigenvalue weighted by Crippen LogP contribution is 2.08. The minimum atomic E-state index is -0.0812. The number of nitrogens with one attached hydrogen (secondary N) is 3. The fraction of sp³-hybridized carbons (Fsp3) is 0.389. The number of amides is 1. The molecule has 3 N–H and O–H groups in total. The maximum Gasteiger partial charge on any atom is 0.251 e. The molecule has 1 amide bonds. The van der Waals surface area contributed by atoms with E-state index in [1.54, 1.807) is 18.4 Å². The smallest absolute Gasteiger partial charge is 0.251 e. The molecule has 0 aliphatic carbocycles. The number of carbonyl (C=O) groups is 1. The van der Waals surface area contributed by atoms with Gasteiger partial charge in [-0.2, -0.15) is 0 Å². The average molecular weight is 487 g/mol. The van der Waals surface area contributed by atoms with Gasteiger partial charge in [-0.3, -0.25) is 4.79 Å². The van der Waals surface area contributed by atoms with Crippen molar-refractivity contribution in [2.24, 2.45) is 4.99 Å². The molecule has 0 unspecified atom stereocenters. The molecule has 0 fully saturated rings. The summed E-state index contributed by atoms with van der Waals surface area (Å²) in [6, 6.07) is 7.48. The van der Waals surface area contributed by atoms with Crippen LogP contribution in [-0.2, 0) is 13.0 Å². The van der Waals surface area contributed by atoms with Crippen molar-refractivity contribution in [3.8, 4) is 0 Å². The number of benzene rings is 1. The van der Waals surface area contributed by atoms with Gasteiger partial charge in [-0.05, 0) is 31.5 Å². The van der Waals surface area contributed by atoms with Crippen molar-refractivity contribution < 1.29 is 4.79 Å². The van der Waals surface area contributed by atoms with Crippen molar-refractivity contribution in [3.05, 3.63) is 51.5 Å². The largest absolute Gasteiger partial charge is 0.357 e. The van der Waals surface area contributed by atoms with Crippen LogP contribution in [0, 0.1) is 6.92 Å². The minimum Gasteiger partial charge on any atom is -0.357 e. The number of guanidine groups is 1. The van der Waals surface area contributed by atoms with E-state index < -0.39 is 0 Å². The summed E-state index contributed by atoms with van der Waals surface area (Å²) in [5, 5.41) is 12.4. The fourth-order valence-electron chi connectivity index (χ4n) is 2.25. The first-order valence-electron chi connectivity index (χ1n) is 8.36. The van der Waals surface area contributed by atoms with Crippen molar-refractivity contribution in [1.29, 1.82) is 0 Å². The van der Waals surface area contributed by atoms with Crippen LogP contribution in [0.1, 0.15) is 33.5 Å². The third-order valence-corrected chi connectivity index (χ3v) is 4.37. The van der Waals surface area contributed by atoms with E-state index in [1.807, 2.05) is 38.1 Å². The Morgan fingerprint density at radius 2 is 1.96 bits per heavy atom. The molecule has 0 aliphatic heterocycles.